The number of Topliss-reactive ketones (excluding diaryl/α,β-unsaturated/α-hetero) is 1. The van der Waals surface area contributed by atoms with Crippen molar-refractivity contribution in [3.63, 3.8) is 0 Å². The van der Waals surface area contributed by atoms with E-state index in [2.05, 4.69) is 29.4 Å². The van der Waals surface area contributed by atoms with Gasteiger partial charge in [-0.05, 0) is 31.0 Å². The highest BCUT2D eigenvalue weighted by Gasteiger charge is 2.18. The third-order valence-electron chi connectivity index (χ3n) is 3.60. The maximum absolute atomic E-state index is 13.3. The van der Waals surface area contributed by atoms with Crippen molar-refractivity contribution in [3.05, 3.63) is 40.3 Å². The number of halogens is 1. The molecule has 0 atom stereocenters. The number of carbonyl (C=O) groups excluding carboxylic acids is 1. The number of anilines is 1. The SMILES string of the molecule is Cc1c(C(=O)CNc2nnc(CC(C)C)s2)oc2ccc(F)cc12. The molecule has 1 aromatic carbocycles. The quantitative estimate of drug-likeness (QED) is 0.676. The molecule has 0 aliphatic heterocycles. The number of benzene rings is 1. The summed E-state index contributed by atoms with van der Waals surface area (Å²) in [5.74, 6) is 0.195. The van der Waals surface area contributed by atoms with E-state index in [0.717, 1.165) is 11.4 Å². The molecule has 3 rings (SSSR count). The second-order valence-electron chi connectivity index (χ2n) is 6.07. The monoisotopic (exact) mass is 347 g/mol. The summed E-state index contributed by atoms with van der Waals surface area (Å²) in [4.78, 5) is 12.4. The third kappa shape index (κ3) is 3.46. The van der Waals surface area contributed by atoms with Gasteiger partial charge in [-0.15, -0.1) is 10.2 Å². The van der Waals surface area contributed by atoms with Gasteiger partial charge >= 0.3 is 0 Å². The maximum atomic E-state index is 13.3. The molecule has 2 heterocycles. The predicted octanol–water partition coefficient (Wildman–Crippen LogP) is 4.23. The predicted molar refractivity (Wildman–Crippen MR) is 92.2 cm³/mol. The Morgan fingerprint density at radius 3 is 2.92 bits per heavy atom. The first-order chi connectivity index (χ1) is 11.4. The van der Waals surface area contributed by atoms with Crippen LogP contribution in [0.15, 0.2) is 22.6 Å². The highest BCUT2D eigenvalue weighted by Crippen LogP contribution is 2.26. The van der Waals surface area contributed by atoms with E-state index in [-0.39, 0.29) is 23.9 Å². The lowest BCUT2D eigenvalue weighted by molar-refractivity contribution is 0.0981. The van der Waals surface area contributed by atoms with Crippen molar-refractivity contribution in [1.29, 1.82) is 0 Å². The molecule has 0 aliphatic carbocycles. The molecule has 0 spiro atoms. The molecule has 3 aromatic rings. The second-order valence-corrected chi connectivity index (χ2v) is 7.13. The van der Waals surface area contributed by atoms with Crippen LogP contribution in [0.1, 0.15) is 35.0 Å². The summed E-state index contributed by atoms with van der Waals surface area (Å²) in [6.45, 7) is 6.04. The van der Waals surface area contributed by atoms with E-state index in [1.807, 2.05) is 0 Å². The topological polar surface area (TPSA) is 68.0 Å². The van der Waals surface area contributed by atoms with Crippen molar-refractivity contribution in [2.45, 2.75) is 27.2 Å². The van der Waals surface area contributed by atoms with Crippen LogP contribution in [0.2, 0.25) is 0 Å². The average molecular weight is 347 g/mol. The second kappa shape index (κ2) is 6.68. The van der Waals surface area contributed by atoms with E-state index >= 15 is 0 Å². The maximum Gasteiger partial charge on any atom is 0.217 e. The molecule has 7 heteroatoms. The number of furan rings is 1. The van der Waals surface area contributed by atoms with Gasteiger partial charge in [0.2, 0.25) is 10.9 Å². The van der Waals surface area contributed by atoms with E-state index in [0.29, 0.717) is 27.6 Å². The van der Waals surface area contributed by atoms with Crippen molar-refractivity contribution < 1.29 is 13.6 Å². The number of nitrogens with zero attached hydrogens (tertiary/aromatic N) is 2. The van der Waals surface area contributed by atoms with Gasteiger partial charge in [0.05, 0.1) is 6.54 Å². The van der Waals surface area contributed by atoms with Crippen LogP contribution < -0.4 is 5.32 Å². The van der Waals surface area contributed by atoms with Gasteiger partial charge < -0.3 is 9.73 Å². The first kappa shape index (κ1) is 16.6. The highest BCUT2D eigenvalue weighted by atomic mass is 32.1. The van der Waals surface area contributed by atoms with Gasteiger partial charge in [-0.25, -0.2) is 4.39 Å². The van der Waals surface area contributed by atoms with E-state index in [9.17, 15) is 9.18 Å². The summed E-state index contributed by atoms with van der Waals surface area (Å²) >= 11 is 1.44. The van der Waals surface area contributed by atoms with E-state index in [1.54, 1.807) is 6.92 Å². The molecule has 0 saturated heterocycles. The fraction of sp³-hybridized carbons (Fsp3) is 0.353. The van der Waals surface area contributed by atoms with Crippen molar-refractivity contribution in [3.8, 4) is 0 Å². The molecule has 0 amide bonds. The van der Waals surface area contributed by atoms with Crippen LogP contribution >= 0.6 is 11.3 Å². The molecule has 5 nitrogen and oxygen atoms in total. The minimum atomic E-state index is -0.352. The van der Waals surface area contributed by atoms with Crippen LogP contribution in [0.4, 0.5) is 9.52 Å². The molecule has 0 saturated carbocycles. The third-order valence-corrected chi connectivity index (χ3v) is 4.50. The Kier molecular flexibility index (Phi) is 4.62. The fourth-order valence-electron chi connectivity index (χ4n) is 2.45. The standard InChI is InChI=1S/C17H18FN3O2S/c1-9(2)6-15-20-21-17(24-15)19-8-13(22)16-10(3)12-7-11(18)4-5-14(12)23-16/h4-5,7,9H,6,8H2,1-3H3,(H,19,21). The number of carbonyl (C=O) groups is 1. The van der Waals surface area contributed by atoms with E-state index < -0.39 is 0 Å². The van der Waals surface area contributed by atoms with Gasteiger partial charge in [0, 0.05) is 17.4 Å². The van der Waals surface area contributed by atoms with Gasteiger partial charge in [0.1, 0.15) is 16.4 Å². The molecule has 0 bridgehead atoms. The van der Waals surface area contributed by atoms with Gasteiger partial charge in [0.15, 0.2) is 5.76 Å². The van der Waals surface area contributed by atoms with E-state index in [1.165, 1.54) is 29.5 Å². The summed E-state index contributed by atoms with van der Waals surface area (Å²) in [7, 11) is 0. The van der Waals surface area contributed by atoms with Crippen LogP contribution in [0.3, 0.4) is 0 Å². The van der Waals surface area contributed by atoms with Gasteiger partial charge in [-0.3, -0.25) is 4.79 Å². The molecule has 0 unspecified atom stereocenters. The molecule has 126 valence electrons. The van der Waals surface area contributed by atoms with Crippen LogP contribution in [0.25, 0.3) is 11.0 Å². The Labute approximate surface area is 142 Å². The molecule has 2 aromatic heterocycles. The minimum Gasteiger partial charge on any atom is -0.453 e. The Bertz CT molecular complexity index is 885. The largest absolute Gasteiger partial charge is 0.453 e. The molecule has 24 heavy (non-hydrogen) atoms. The molecule has 0 fully saturated rings. The Morgan fingerprint density at radius 2 is 2.17 bits per heavy atom. The zero-order valence-corrected chi connectivity index (χ0v) is 14.5. The zero-order chi connectivity index (χ0) is 17.3. The van der Waals surface area contributed by atoms with Crippen LogP contribution in [0, 0.1) is 18.7 Å². The number of nitrogens with one attached hydrogen (secondary N) is 1. The number of fused-ring (bicyclic) bond motifs is 1. The lowest BCUT2D eigenvalue weighted by atomic mass is 10.1. The number of aromatic nitrogens is 2. The lowest BCUT2D eigenvalue weighted by Crippen LogP contribution is -2.14. The molecule has 0 aliphatic rings. The Balaban J connectivity index is 1.71. The smallest absolute Gasteiger partial charge is 0.217 e. The first-order valence-electron chi connectivity index (χ1n) is 7.72. The van der Waals surface area contributed by atoms with Gasteiger partial charge in [-0.1, -0.05) is 25.2 Å². The van der Waals surface area contributed by atoms with E-state index in [4.69, 9.17) is 4.42 Å². The molecular formula is C17H18FN3O2S. The number of hydrogen-bond acceptors (Lipinski definition) is 6. The van der Waals surface area contributed by atoms with Gasteiger partial charge in [-0.2, -0.15) is 0 Å². The summed E-state index contributed by atoms with van der Waals surface area (Å²) in [5.41, 5.74) is 1.15. The number of aryl methyl sites for hydroxylation is 1. The number of rotatable bonds is 6. The summed E-state index contributed by atoms with van der Waals surface area (Å²) in [6.07, 6.45) is 0.863. The minimum absolute atomic E-state index is 0.0550. The molecule has 1 N–H and O–H groups in total. The molecular weight excluding hydrogens is 329 g/mol. The Morgan fingerprint density at radius 1 is 1.38 bits per heavy atom. The fourth-order valence-corrected chi connectivity index (χ4v) is 3.40. The van der Waals surface area contributed by atoms with Crippen molar-refractivity contribution in [2.75, 3.05) is 11.9 Å². The lowest BCUT2D eigenvalue weighted by Gasteiger charge is -2.00. The average Bonchev–Trinajstić information content (AvgIpc) is 3.09. The van der Waals surface area contributed by atoms with Crippen LogP contribution in [-0.4, -0.2) is 22.5 Å². The number of ketones is 1. The summed E-state index contributed by atoms with van der Waals surface area (Å²) in [5, 5.41) is 13.3. The highest BCUT2D eigenvalue weighted by molar-refractivity contribution is 7.15. The van der Waals surface area contributed by atoms with Crippen molar-refractivity contribution in [2.24, 2.45) is 5.92 Å². The Hall–Kier alpha value is -2.28. The summed E-state index contributed by atoms with van der Waals surface area (Å²) in [6, 6.07) is 4.22. The normalized spacial score (nSPS) is 11.4. The van der Waals surface area contributed by atoms with Crippen LogP contribution in [0.5, 0.6) is 0 Å². The first-order valence-corrected chi connectivity index (χ1v) is 8.53. The summed E-state index contributed by atoms with van der Waals surface area (Å²) < 4.78 is 18.9. The number of hydrogen-bond donors (Lipinski definition) is 1. The van der Waals surface area contributed by atoms with Crippen molar-refractivity contribution in [1.82, 2.24) is 10.2 Å². The van der Waals surface area contributed by atoms with Gasteiger partial charge in [0.25, 0.3) is 0 Å². The van der Waals surface area contributed by atoms with Crippen LogP contribution in [-0.2, 0) is 6.42 Å². The van der Waals surface area contributed by atoms with Crippen molar-refractivity contribution >= 4 is 33.2 Å². The zero-order valence-electron chi connectivity index (χ0n) is 13.7. The molecule has 0 radical (unpaired) electrons.